The standard InChI is InChI=1S/C10H8N2O/c1-8-10(6-11)5-9(7-12-8)3-2-4-13/h2-5,7H,1H3. The van der Waals surface area contributed by atoms with Gasteiger partial charge in [-0.15, -0.1) is 0 Å². The SMILES string of the molecule is Cc1ncc(C=CC=O)cc1C#N. The van der Waals surface area contributed by atoms with Gasteiger partial charge >= 0.3 is 0 Å². The molecule has 1 heterocycles. The van der Waals surface area contributed by atoms with Crippen molar-refractivity contribution in [2.45, 2.75) is 6.92 Å². The van der Waals surface area contributed by atoms with Crippen LogP contribution >= 0.6 is 0 Å². The van der Waals surface area contributed by atoms with Crippen LogP contribution in [0.5, 0.6) is 0 Å². The first-order valence-corrected chi connectivity index (χ1v) is 3.76. The van der Waals surface area contributed by atoms with Crippen molar-refractivity contribution in [2.24, 2.45) is 0 Å². The van der Waals surface area contributed by atoms with Gasteiger partial charge in [0.25, 0.3) is 0 Å². The molecule has 0 aliphatic rings. The van der Waals surface area contributed by atoms with E-state index in [0.29, 0.717) is 17.5 Å². The number of aromatic nitrogens is 1. The van der Waals surface area contributed by atoms with Gasteiger partial charge in [0.15, 0.2) is 0 Å². The molecule has 0 N–H and O–H groups in total. The van der Waals surface area contributed by atoms with Gasteiger partial charge in [-0.1, -0.05) is 6.08 Å². The molecule has 64 valence electrons. The highest BCUT2D eigenvalue weighted by atomic mass is 16.1. The summed E-state index contributed by atoms with van der Waals surface area (Å²) in [6.45, 7) is 1.77. The number of nitrogens with zero attached hydrogens (tertiary/aromatic N) is 2. The Labute approximate surface area is 76.3 Å². The van der Waals surface area contributed by atoms with Gasteiger partial charge < -0.3 is 0 Å². The Morgan fingerprint density at radius 1 is 1.62 bits per heavy atom. The normalized spacial score (nSPS) is 9.85. The van der Waals surface area contributed by atoms with Crippen LogP contribution in [0.2, 0.25) is 0 Å². The van der Waals surface area contributed by atoms with Crippen molar-refractivity contribution < 1.29 is 4.79 Å². The molecule has 3 heteroatoms. The number of pyridine rings is 1. The number of hydrogen-bond acceptors (Lipinski definition) is 3. The molecule has 0 aliphatic heterocycles. The number of rotatable bonds is 2. The van der Waals surface area contributed by atoms with Crippen molar-refractivity contribution in [3.05, 3.63) is 35.2 Å². The first kappa shape index (κ1) is 9.14. The number of carbonyl (C=O) groups excluding carboxylic acids is 1. The molecule has 0 saturated carbocycles. The summed E-state index contributed by atoms with van der Waals surface area (Å²) in [5.74, 6) is 0. The van der Waals surface area contributed by atoms with E-state index in [1.165, 1.54) is 6.08 Å². The second-order valence-corrected chi connectivity index (χ2v) is 2.51. The van der Waals surface area contributed by atoms with Gasteiger partial charge in [0, 0.05) is 6.20 Å². The highest BCUT2D eigenvalue weighted by Crippen LogP contribution is 2.07. The number of aldehydes is 1. The van der Waals surface area contributed by atoms with E-state index in [1.807, 2.05) is 6.07 Å². The monoisotopic (exact) mass is 172 g/mol. The maximum absolute atomic E-state index is 10.0. The number of aryl methyl sites for hydroxylation is 1. The summed E-state index contributed by atoms with van der Waals surface area (Å²) in [6.07, 6.45) is 5.29. The predicted octanol–water partition coefficient (Wildman–Crippen LogP) is 1.47. The lowest BCUT2D eigenvalue weighted by atomic mass is 10.1. The minimum Gasteiger partial charge on any atom is -0.299 e. The van der Waals surface area contributed by atoms with Crippen molar-refractivity contribution in [3.8, 4) is 6.07 Å². The highest BCUT2D eigenvalue weighted by molar-refractivity contribution is 5.73. The summed E-state index contributed by atoms with van der Waals surface area (Å²) in [6, 6.07) is 3.72. The number of allylic oxidation sites excluding steroid dienone is 1. The van der Waals surface area contributed by atoms with Crippen LogP contribution in [0.25, 0.3) is 6.08 Å². The van der Waals surface area contributed by atoms with Crippen LogP contribution < -0.4 is 0 Å². The minimum atomic E-state index is 0.535. The van der Waals surface area contributed by atoms with E-state index in [0.717, 1.165) is 5.56 Å². The molecular formula is C10H8N2O. The molecule has 0 aliphatic carbocycles. The topological polar surface area (TPSA) is 53.8 Å². The summed E-state index contributed by atoms with van der Waals surface area (Å²) < 4.78 is 0. The summed E-state index contributed by atoms with van der Waals surface area (Å²) in [4.78, 5) is 14.0. The Morgan fingerprint density at radius 3 is 3.00 bits per heavy atom. The molecule has 0 aromatic carbocycles. The first-order chi connectivity index (χ1) is 6.27. The molecule has 0 atom stereocenters. The molecule has 1 aromatic rings. The second-order valence-electron chi connectivity index (χ2n) is 2.51. The molecule has 0 unspecified atom stereocenters. The maximum atomic E-state index is 10.0. The number of hydrogen-bond donors (Lipinski definition) is 0. The highest BCUT2D eigenvalue weighted by Gasteiger charge is 1.97. The van der Waals surface area contributed by atoms with Gasteiger partial charge in [0.1, 0.15) is 12.4 Å². The molecule has 3 nitrogen and oxygen atoms in total. The van der Waals surface area contributed by atoms with Gasteiger partial charge in [-0.25, -0.2) is 0 Å². The van der Waals surface area contributed by atoms with Gasteiger partial charge in [-0.2, -0.15) is 5.26 Å². The number of nitriles is 1. The zero-order chi connectivity index (χ0) is 9.68. The molecule has 0 fully saturated rings. The van der Waals surface area contributed by atoms with Gasteiger partial charge in [-0.05, 0) is 24.6 Å². The van der Waals surface area contributed by atoms with E-state index < -0.39 is 0 Å². The van der Waals surface area contributed by atoms with Crippen LogP contribution in [-0.4, -0.2) is 11.3 Å². The van der Waals surface area contributed by atoms with E-state index in [-0.39, 0.29) is 0 Å². The molecule has 1 aromatic heterocycles. The van der Waals surface area contributed by atoms with Crippen LogP contribution in [0.15, 0.2) is 18.3 Å². The fourth-order valence-electron chi connectivity index (χ4n) is 0.904. The van der Waals surface area contributed by atoms with Gasteiger partial charge in [0.2, 0.25) is 0 Å². The Morgan fingerprint density at radius 2 is 2.38 bits per heavy atom. The first-order valence-electron chi connectivity index (χ1n) is 3.76. The summed E-state index contributed by atoms with van der Waals surface area (Å²) in [5.41, 5.74) is 1.99. The minimum absolute atomic E-state index is 0.535. The van der Waals surface area contributed by atoms with Crippen LogP contribution in [0.1, 0.15) is 16.8 Å². The number of carbonyl (C=O) groups is 1. The lowest BCUT2D eigenvalue weighted by molar-refractivity contribution is -0.104. The molecule has 0 radical (unpaired) electrons. The summed E-state index contributed by atoms with van der Waals surface area (Å²) >= 11 is 0. The molecule has 0 amide bonds. The van der Waals surface area contributed by atoms with Gasteiger partial charge in [0.05, 0.1) is 11.3 Å². The zero-order valence-electron chi connectivity index (χ0n) is 7.19. The zero-order valence-corrected chi connectivity index (χ0v) is 7.19. The lowest BCUT2D eigenvalue weighted by Gasteiger charge is -1.96. The Kier molecular flexibility index (Phi) is 2.93. The Hall–Kier alpha value is -1.95. The lowest BCUT2D eigenvalue weighted by Crippen LogP contribution is -1.88. The molecule has 0 spiro atoms. The van der Waals surface area contributed by atoms with Gasteiger partial charge in [-0.3, -0.25) is 9.78 Å². The average Bonchev–Trinajstić information content (AvgIpc) is 2.16. The Bertz CT molecular complexity index is 388. The molecule has 13 heavy (non-hydrogen) atoms. The summed E-state index contributed by atoms with van der Waals surface area (Å²) in [7, 11) is 0. The molecular weight excluding hydrogens is 164 g/mol. The van der Waals surface area contributed by atoms with Crippen LogP contribution in [0.4, 0.5) is 0 Å². The fraction of sp³-hybridized carbons (Fsp3) is 0.100. The summed E-state index contributed by atoms with van der Waals surface area (Å²) in [5, 5.41) is 8.68. The Balaban J connectivity index is 3.08. The van der Waals surface area contributed by atoms with E-state index in [4.69, 9.17) is 5.26 Å². The fourth-order valence-corrected chi connectivity index (χ4v) is 0.904. The van der Waals surface area contributed by atoms with Crippen LogP contribution in [0, 0.1) is 18.3 Å². The van der Waals surface area contributed by atoms with Crippen molar-refractivity contribution in [2.75, 3.05) is 0 Å². The average molecular weight is 172 g/mol. The third-order valence-corrected chi connectivity index (χ3v) is 1.60. The van der Waals surface area contributed by atoms with Crippen LogP contribution in [0.3, 0.4) is 0 Å². The predicted molar refractivity (Wildman–Crippen MR) is 48.8 cm³/mol. The molecule has 0 bridgehead atoms. The van der Waals surface area contributed by atoms with E-state index >= 15 is 0 Å². The van der Waals surface area contributed by atoms with E-state index in [1.54, 1.807) is 25.3 Å². The van der Waals surface area contributed by atoms with Crippen molar-refractivity contribution in [3.63, 3.8) is 0 Å². The maximum Gasteiger partial charge on any atom is 0.142 e. The largest absolute Gasteiger partial charge is 0.299 e. The van der Waals surface area contributed by atoms with Crippen molar-refractivity contribution >= 4 is 12.4 Å². The van der Waals surface area contributed by atoms with Crippen molar-refractivity contribution in [1.29, 1.82) is 5.26 Å². The van der Waals surface area contributed by atoms with E-state index in [9.17, 15) is 4.79 Å². The second kappa shape index (κ2) is 4.17. The quantitative estimate of drug-likeness (QED) is 0.501. The molecule has 1 rings (SSSR count). The van der Waals surface area contributed by atoms with Crippen molar-refractivity contribution in [1.82, 2.24) is 4.98 Å². The van der Waals surface area contributed by atoms with E-state index in [2.05, 4.69) is 4.98 Å². The smallest absolute Gasteiger partial charge is 0.142 e. The third kappa shape index (κ3) is 2.24. The molecule has 0 saturated heterocycles. The third-order valence-electron chi connectivity index (χ3n) is 1.60. The van der Waals surface area contributed by atoms with Crippen LogP contribution in [-0.2, 0) is 4.79 Å².